The molecule has 5 heteroatoms. The molecule has 2 fully saturated rings. The Hall–Kier alpha value is -1.72. The Morgan fingerprint density at radius 3 is 2.55 bits per heavy atom. The summed E-state index contributed by atoms with van der Waals surface area (Å²) in [4.78, 5) is 11.1. The number of nitrogens with zero attached hydrogens (tertiary/aromatic N) is 3. The highest BCUT2D eigenvalue weighted by molar-refractivity contribution is 5.89. The van der Waals surface area contributed by atoms with Crippen LogP contribution in [0.1, 0.15) is 12.8 Å². The van der Waals surface area contributed by atoms with E-state index >= 15 is 0 Å². The maximum atomic E-state index is 5.77. The van der Waals surface area contributed by atoms with E-state index in [-0.39, 0.29) is 5.79 Å². The molecule has 1 aromatic carbocycles. The van der Waals surface area contributed by atoms with E-state index < -0.39 is 0 Å². The summed E-state index contributed by atoms with van der Waals surface area (Å²) in [6.45, 7) is 3.24. The third-order valence-electron chi connectivity index (χ3n) is 4.16. The monoisotopic (exact) mass is 271 g/mol. The van der Waals surface area contributed by atoms with E-state index in [9.17, 15) is 0 Å². The van der Waals surface area contributed by atoms with Gasteiger partial charge in [0.2, 0.25) is 0 Å². The molecule has 0 atom stereocenters. The normalized spacial score (nSPS) is 21.7. The van der Waals surface area contributed by atoms with Gasteiger partial charge in [0.25, 0.3) is 0 Å². The fourth-order valence-corrected chi connectivity index (χ4v) is 3.09. The molecular weight excluding hydrogens is 254 g/mol. The van der Waals surface area contributed by atoms with Crippen molar-refractivity contribution in [1.29, 1.82) is 0 Å². The smallest absolute Gasteiger partial charge is 0.171 e. The van der Waals surface area contributed by atoms with Gasteiger partial charge in [-0.2, -0.15) is 0 Å². The summed E-state index contributed by atoms with van der Waals surface area (Å²) in [5.74, 6) is 0.683. The number of piperidine rings is 1. The first kappa shape index (κ1) is 12.1. The van der Waals surface area contributed by atoms with Crippen LogP contribution in [0.2, 0.25) is 0 Å². The van der Waals surface area contributed by atoms with Gasteiger partial charge in [-0.3, -0.25) is 0 Å². The summed E-state index contributed by atoms with van der Waals surface area (Å²) in [6, 6.07) is 8.14. The predicted molar refractivity (Wildman–Crippen MR) is 75.6 cm³/mol. The van der Waals surface area contributed by atoms with Crippen molar-refractivity contribution in [2.24, 2.45) is 0 Å². The molecule has 20 heavy (non-hydrogen) atoms. The van der Waals surface area contributed by atoms with Gasteiger partial charge in [-0.1, -0.05) is 12.1 Å². The van der Waals surface area contributed by atoms with Crippen LogP contribution in [0.5, 0.6) is 0 Å². The van der Waals surface area contributed by atoms with E-state index in [1.165, 1.54) is 0 Å². The predicted octanol–water partition coefficient (Wildman–Crippen LogP) is 1.97. The molecule has 0 unspecified atom stereocenters. The minimum absolute atomic E-state index is 0.334. The van der Waals surface area contributed by atoms with E-state index in [0.717, 1.165) is 55.9 Å². The minimum Gasteiger partial charge on any atom is -0.356 e. The molecule has 1 spiro atoms. The lowest BCUT2D eigenvalue weighted by molar-refractivity contribution is -0.169. The Labute approximate surface area is 117 Å². The van der Waals surface area contributed by atoms with Crippen LogP contribution in [0, 0.1) is 0 Å². The minimum atomic E-state index is -0.334. The van der Waals surface area contributed by atoms with E-state index in [0.29, 0.717) is 0 Å². The number of benzene rings is 1. The maximum absolute atomic E-state index is 5.77. The van der Waals surface area contributed by atoms with E-state index in [1.807, 2.05) is 18.2 Å². The molecule has 5 nitrogen and oxygen atoms in total. The van der Waals surface area contributed by atoms with Gasteiger partial charge in [0, 0.05) is 31.3 Å². The van der Waals surface area contributed by atoms with Crippen LogP contribution in [0.25, 0.3) is 10.9 Å². The summed E-state index contributed by atoms with van der Waals surface area (Å²) in [6.07, 6.45) is 3.43. The molecule has 0 aliphatic carbocycles. The van der Waals surface area contributed by atoms with Gasteiger partial charge >= 0.3 is 0 Å². The van der Waals surface area contributed by atoms with Crippen molar-refractivity contribution < 1.29 is 9.47 Å². The topological polar surface area (TPSA) is 47.5 Å². The van der Waals surface area contributed by atoms with Crippen LogP contribution in [0.4, 0.5) is 5.82 Å². The highest BCUT2D eigenvalue weighted by atomic mass is 16.7. The molecule has 2 saturated heterocycles. The van der Waals surface area contributed by atoms with Crippen LogP contribution in [-0.4, -0.2) is 42.1 Å². The Morgan fingerprint density at radius 2 is 1.75 bits per heavy atom. The largest absolute Gasteiger partial charge is 0.356 e. The summed E-state index contributed by atoms with van der Waals surface area (Å²) in [5.41, 5.74) is 0.992. The average Bonchev–Trinajstić information content (AvgIpc) is 2.96. The first-order chi connectivity index (χ1) is 9.86. The van der Waals surface area contributed by atoms with Gasteiger partial charge < -0.3 is 14.4 Å². The SMILES string of the molecule is c1ccc2c(N3CCC4(CC3)OCCO4)ncnc2c1. The maximum Gasteiger partial charge on any atom is 0.171 e. The highest BCUT2D eigenvalue weighted by Crippen LogP contribution is 2.34. The third-order valence-corrected chi connectivity index (χ3v) is 4.16. The van der Waals surface area contributed by atoms with Gasteiger partial charge in [0.05, 0.1) is 18.7 Å². The van der Waals surface area contributed by atoms with Crippen LogP contribution in [0.15, 0.2) is 30.6 Å². The summed E-state index contributed by atoms with van der Waals surface area (Å²) >= 11 is 0. The molecule has 104 valence electrons. The zero-order valence-corrected chi connectivity index (χ0v) is 11.3. The molecular formula is C15H17N3O2. The number of hydrogen-bond acceptors (Lipinski definition) is 5. The summed E-state index contributed by atoms with van der Waals surface area (Å²) in [5, 5.41) is 1.11. The zero-order valence-electron chi connectivity index (χ0n) is 11.3. The standard InChI is InChI=1S/C15H17N3O2/c1-2-4-13-12(3-1)14(17-11-16-13)18-7-5-15(6-8-18)19-9-10-20-15/h1-4,11H,5-10H2. The fraction of sp³-hybridized carbons (Fsp3) is 0.467. The van der Waals surface area contributed by atoms with Crippen LogP contribution < -0.4 is 4.90 Å². The number of para-hydroxylation sites is 1. The molecule has 1 aromatic heterocycles. The summed E-state index contributed by atoms with van der Waals surface area (Å²) < 4.78 is 11.5. The third kappa shape index (κ3) is 1.94. The Kier molecular flexibility index (Phi) is 2.82. The lowest BCUT2D eigenvalue weighted by Gasteiger charge is -2.38. The van der Waals surface area contributed by atoms with E-state index in [1.54, 1.807) is 6.33 Å². The molecule has 3 heterocycles. The molecule has 0 bridgehead atoms. The number of fused-ring (bicyclic) bond motifs is 1. The zero-order chi connectivity index (χ0) is 13.4. The van der Waals surface area contributed by atoms with Crippen molar-refractivity contribution in [1.82, 2.24) is 9.97 Å². The first-order valence-corrected chi connectivity index (χ1v) is 7.09. The molecule has 2 aliphatic heterocycles. The summed E-state index contributed by atoms with van der Waals surface area (Å²) in [7, 11) is 0. The molecule has 0 saturated carbocycles. The van der Waals surface area contributed by atoms with Gasteiger partial charge in [0.15, 0.2) is 5.79 Å². The van der Waals surface area contributed by atoms with Gasteiger partial charge in [-0.25, -0.2) is 9.97 Å². The van der Waals surface area contributed by atoms with Crippen LogP contribution in [-0.2, 0) is 9.47 Å². The van der Waals surface area contributed by atoms with Crippen molar-refractivity contribution >= 4 is 16.7 Å². The fourth-order valence-electron chi connectivity index (χ4n) is 3.09. The number of rotatable bonds is 1. The van der Waals surface area contributed by atoms with Gasteiger partial charge in [-0.15, -0.1) is 0 Å². The lowest BCUT2D eigenvalue weighted by Crippen LogP contribution is -2.45. The van der Waals surface area contributed by atoms with Crippen molar-refractivity contribution in [2.75, 3.05) is 31.2 Å². The number of aromatic nitrogens is 2. The van der Waals surface area contributed by atoms with Crippen molar-refractivity contribution in [3.63, 3.8) is 0 Å². The molecule has 2 aromatic rings. The van der Waals surface area contributed by atoms with Gasteiger partial charge in [-0.05, 0) is 12.1 Å². The second kappa shape index (κ2) is 4.68. The lowest BCUT2D eigenvalue weighted by atomic mass is 10.0. The Bertz CT molecular complexity index is 610. The van der Waals surface area contributed by atoms with Crippen LogP contribution in [0.3, 0.4) is 0 Å². The number of hydrogen-bond donors (Lipinski definition) is 0. The van der Waals surface area contributed by atoms with E-state index in [2.05, 4.69) is 20.9 Å². The molecule has 0 N–H and O–H groups in total. The molecule has 2 aliphatic rings. The highest BCUT2D eigenvalue weighted by Gasteiger charge is 2.40. The molecule has 0 amide bonds. The average molecular weight is 271 g/mol. The quantitative estimate of drug-likeness (QED) is 0.793. The molecule has 0 radical (unpaired) electrons. The second-order valence-corrected chi connectivity index (χ2v) is 5.31. The van der Waals surface area contributed by atoms with Crippen molar-refractivity contribution in [2.45, 2.75) is 18.6 Å². The number of ether oxygens (including phenoxy) is 2. The van der Waals surface area contributed by atoms with E-state index in [4.69, 9.17) is 9.47 Å². The second-order valence-electron chi connectivity index (χ2n) is 5.31. The Balaban J connectivity index is 1.61. The first-order valence-electron chi connectivity index (χ1n) is 7.09. The molecule has 4 rings (SSSR count). The number of anilines is 1. The van der Waals surface area contributed by atoms with Crippen molar-refractivity contribution in [3.05, 3.63) is 30.6 Å². The van der Waals surface area contributed by atoms with Crippen LogP contribution >= 0.6 is 0 Å². The van der Waals surface area contributed by atoms with Gasteiger partial charge in [0.1, 0.15) is 12.1 Å². The Morgan fingerprint density at radius 1 is 1.00 bits per heavy atom. The van der Waals surface area contributed by atoms with Crippen molar-refractivity contribution in [3.8, 4) is 0 Å².